The van der Waals surface area contributed by atoms with Crippen LogP contribution in [0, 0.1) is 36.7 Å². The molecule has 6 aromatic rings. The van der Waals surface area contributed by atoms with E-state index in [0.29, 0.717) is 5.92 Å². The second-order valence-corrected chi connectivity index (χ2v) is 17.3. The first kappa shape index (κ1) is 44.7. The molecule has 3 aromatic carbocycles. The molecule has 0 fully saturated rings. The van der Waals surface area contributed by atoms with Gasteiger partial charge in [0.25, 0.3) is 0 Å². The molecule has 56 heavy (non-hydrogen) atoms. The Morgan fingerprint density at radius 3 is 2.05 bits per heavy atom. The number of aryl methyl sites for hydroxylation is 2. The Balaban J connectivity index is 0.000000330. The number of pyridine rings is 1. The Bertz CT molecular complexity index is 2340. The number of benzene rings is 3. The molecule has 1 N–H and O–H groups in total. The summed E-state index contributed by atoms with van der Waals surface area (Å²) in [5.74, 6) is 2.74. The maximum atomic E-state index is 12.2. The fourth-order valence-electron chi connectivity index (χ4n) is 7.42. The zero-order valence-corrected chi connectivity index (χ0v) is 38.3. The van der Waals surface area contributed by atoms with E-state index >= 15 is 0 Å². The molecular formula is C50H62IrNO4-. The molecule has 0 saturated carbocycles. The number of nitrogens with zero attached hydrogens (tertiary/aromatic N) is 1. The quantitative estimate of drug-likeness (QED) is 0.0796. The molecule has 3 aromatic heterocycles. The normalized spacial score (nSPS) is 12.6. The SMILES string of the molecule is CCC(C)(CC)C(=O)/C=C(\O)C(C)(CC)CC.Cc1c(CC(C)C)oc2cccc(-c3oc4ccnc(-c5[c-]c6ccccc6c(C(C)(C)C)c5)c4c3C)c12.[Ir]. The number of rotatable bonds is 11. The Morgan fingerprint density at radius 2 is 1.45 bits per heavy atom. The minimum atomic E-state index is -0.337. The van der Waals surface area contributed by atoms with Crippen LogP contribution in [0.1, 0.15) is 124 Å². The van der Waals surface area contributed by atoms with Crippen LogP contribution in [0.4, 0.5) is 0 Å². The van der Waals surface area contributed by atoms with Crippen molar-refractivity contribution in [3.8, 4) is 22.6 Å². The van der Waals surface area contributed by atoms with Crippen LogP contribution in [0.25, 0.3) is 55.3 Å². The largest absolute Gasteiger partial charge is 0.512 e. The third-order valence-electron chi connectivity index (χ3n) is 12.2. The summed E-state index contributed by atoms with van der Waals surface area (Å²) in [6.07, 6.45) is 7.51. The van der Waals surface area contributed by atoms with Crippen LogP contribution in [0.15, 0.2) is 81.5 Å². The van der Waals surface area contributed by atoms with Crippen LogP contribution in [0.5, 0.6) is 0 Å². The van der Waals surface area contributed by atoms with Gasteiger partial charge in [0, 0.05) is 71.7 Å². The number of ketones is 1. The maximum Gasteiger partial charge on any atom is 0.164 e. The van der Waals surface area contributed by atoms with Crippen molar-refractivity contribution in [3.05, 3.63) is 101 Å². The molecule has 301 valence electrons. The third kappa shape index (κ3) is 8.77. The van der Waals surface area contributed by atoms with Crippen LogP contribution in [0.2, 0.25) is 0 Å². The van der Waals surface area contributed by atoms with Gasteiger partial charge in [-0.05, 0) is 74.1 Å². The number of hydrogen-bond acceptors (Lipinski definition) is 5. The standard InChI is InChI=1S/C35H34NO2.C15H28O2.Ir/c1-20(2)17-30-21(3)31-26(13-10-14-28(31)37-30)34-22(4)32-29(38-34)15-16-36-33(32)24-18-23-11-8-9-12-25(23)27(19-24)35(5,6)7;1-7-14(5,8-2)12(16)11-13(17)15(6,9-3)10-4;/h8-16,19-20H,17H2,1-7H3;11,16H,7-10H2,1-6H3;/q-1;;/b;12-11-;. The van der Waals surface area contributed by atoms with Gasteiger partial charge in [-0.2, -0.15) is 0 Å². The molecule has 0 saturated heterocycles. The molecule has 0 atom stereocenters. The van der Waals surface area contributed by atoms with Gasteiger partial charge in [0.2, 0.25) is 0 Å². The van der Waals surface area contributed by atoms with E-state index in [1.54, 1.807) is 0 Å². The molecule has 6 heteroatoms. The van der Waals surface area contributed by atoms with E-state index < -0.39 is 0 Å². The van der Waals surface area contributed by atoms with Crippen molar-refractivity contribution < 1.29 is 38.8 Å². The van der Waals surface area contributed by atoms with E-state index in [1.165, 1.54) is 22.6 Å². The zero-order valence-electron chi connectivity index (χ0n) is 35.9. The summed E-state index contributed by atoms with van der Waals surface area (Å²) in [7, 11) is 0. The van der Waals surface area contributed by atoms with Gasteiger partial charge < -0.3 is 13.9 Å². The number of aliphatic hydroxyl groups excluding tert-OH is 1. The van der Waals surface area contributed by atoms with E-state index in [1.807, 2.05) is 53.8 Å². The Hall–Kier alpha value is -3.99. The average Bonchev–Trinajstić information content (AvgIpc) is 3.68. The summed E-state index contributed by atoms with van der Waals surface area (Å²) in [5.41, 5.74) is 7.66. The minimum Gasteiger partial charge on any atom is -0.512 e. The van der Waals surface area contributed by atoms with E-state index in [2.05, 4.69) is 103 Å². The van der Waals surface area contributed by atoms with Gasteiger partial charge in [-0.15, -0.1) is 29.1 Å². The predicted molar refractivity (Wildman–Crippen MR) is 231 cm³/mol. The van der Waals surface area contributed by atoms with Gasteiger partial charge in [-0.3, -0.25) is 9.78 Å². The predicted octanol–water partition coefficient (Wildman–Crippen LogP) is 14.6. The summed E-state index contributed by atoms with van der Waals surface area (Å²) in [6, 6.07) is 22.6. The first-order valence-electron chi connectivity index (χ1n) is 20.2. The van der Waals surface area contributed by atoms with Gasteiger partial charge in [0.1, 0.15) is 28.4 Å². The van der Waals surface area contributed by atoms with Crippen molar-refractivity contribution >= 4 is 38.5 Å². The topological polar surface area (TPSA) is 76.5 Å². The van der Waals surface area contributed by atoms with E-state index in [-0.39, 0.29) is 47.9 Å². The fourth-order valence-corrected chi connectivity index (χ4v) is 7.42. The van der Waals surface area contributed by atoms with Gasteiger partial charge in [-0.1, -0.05) is 117 Å². The fraction of sp³-hybridized carbons (Fsp3) is 0.440. The number of carbonyl (C=O) groups excluding carboxylic acids is 1. The van der Waals surface area contributed by atoms with Crippen molar-refractivity contribution in [3.63, 3.8) is 0 Å². The molecule has 0 aliphatic carbocycles. The molecule has 0 bridgehead atoms. The number of fused-ring (bicyclic) bond motifs is 3. The second-order valence-electron chi connectivity index (χ2n) is 17.3. The molecule has 0 aliphatic heterocycles. The molecule has 0 aliphatic rings. The third-order valence-corrected chi connectivity index (χ3v) is 12.2. The number of carbonyl (C=O) groups is 1. The van der Waals surface area contributed by atoms with Crippen molar-refractivity contribution in [2.24, 2.45) is 16.7 Å². The van der Waals surface area contributed by atoms with E-state index in [9.17, 15) is 9.90 Å². The van der Waals surface area contributed by atoms with E-state index in [0.717, 1.165) is 93.3 Å². The van der Waals surface area contributed by atoms with Crippen molar-refractivity contribution in [1.82, 2.24) is 4.98 Å². The summed E-state index contributed by atoms with van der Waals surface area (Å²) < 4.78 is 12.9. The Labute approximate surface area is 348 Å². The summed E-state index contributed by atoms with van der Waals surface area (Å²) in [6.45, 7) is 27.6. The molecule has 5 nitrogen and oxygen atoms in total. The van der Waals surface area contributed by atoms with Crippen molar-refractivity contribution in [2.45, 2.75) is 128 Å². The molecular weight excluding hydrogens is 871 g/mol. The number of aromatic nitrogens is 1. The molecule has 0 unspecified atom stereocenters. The number of aliphatic hydroxyl groups is 1. The average molecular weight is 933 g/mol. The number of furan rings is 2. The molecule has 3 heterocycles. The maximum absolute atomic E-state index is 12.2. The van der Waals surface area contributed by atoms with Crippen LogP contribution < -0.4 is 0 Å². The van der Waals surface area contributed by atoms with E-state index in [4.69, 9.17) is 13.8 Å². The zero-order chi connectivity index (χ0) is 40.5. The van der Waals surface area contributed by atoms with Crippen LogP contribution in [0.3, 0.4) is 0 Å². The minimum absolute atomic E-state index is 0. The first-order valence-corrected chi connectivity index (χ1v) is 20.2. The van der Waals surface area contributed by atoms with Crippen molar-refractivity contribution in [2.75, 3.05) is 0 Å². The van der Waals surface area contributed by atoms with Gasteiger partial charge in [0.05, 0.1) is 0 Å². The van der Waals surface area contributed by atoms with Gasteiger partial charge >= 0.3 is 0 Å². The van der Waals surface area contributed by atoms with Crippen LogP contribution in [-0.2, 0) is 36.7 Å². The summed E-state index contributed by atoms with van der Waals surface area (Å²) in [4.78, 5) is 17.1. The summed E-state index contributed by atoms with van der Waals surface area (Å²) in [5, 5.41) is 14.6. The van der Waals surface area contributed by atoms with Crippen LogP contribution in [-0.4, -0.2) is 15.9 Å². The van der Waals surface area contributed by atoms with Gasteiger partial charge in [-0.25, -0.2) is 0 Å². The Kier molecular flexibility index (Phi) is 14.1. The first-order chi connectivity index (χ1) is 25.9. The van der Waals surface area contributed by atoms with Gasteiger partial charge in [0.15, 0.2) is 5.78 Å². The Morgan fingerprint density at radius 1 is 0.821 bits per heavy atom. The molecule has 6 rings (SSSR count). The molecule has 1 radical (unpaired) electrons. The number of hydrogen-bond donors (Lipinski definition) is 1. The van der Waals surface area contributed by atoms with Crippen LogP contribution >= 0.6 is 0 Å². The number of allylic oxidation sites excluding steroid dienone is 2. The second kappa shape index (κ2) is 17.7. The molecule has 0 spiro atoms. The summed E-state index contributed by atoms with van der Waals surface area (Å²) >= 11 is 0. The monoisotopic (exact) mass is 933 g/mol. The van der Waals surface area contributed by atoms with Crippen molar-refractivity contribution in [1.29, 1.82) is 0 Å². The smallest absolute Gasteiger partial charge is 0.164 e. The molecule has 0 amide bonds.